The van der Waals surface area contributed by atoms with Crippen LogP contribution in [0.5, 0.6) is 0 Å². The van der Waals surface area contributed by atoms with Gasteiger partial charge in [-0.25, -0.2) is 9.97 Å². The summed E-state index contributed by atoms with van der Waals surface area (Å²) in [5.74, 6) is 2.01. The third-order valence-electron chi connectivity index (χ3n) is 3.59. The van der Waals surface area contributed by atoms with Crippen molar-refractivity contribution in [2.45, 2.75) is 51.5 Å². The third-order valence-corrected chi connectivity index (χ3v) is 4.00. The number of aliphatic hydroxyl groups excluding tert-OH is 1. The number of nitrogens with zero attached hydrogens (tertiary/aromatic N) is 2. The van der Waals surface area contributed by atoms with Gasteiger partial charge in [-0.3, -0.25) is 0 Å². The molecule has 5 heteroatoms. The van der Waals surface area contributed by atoms with E-state index in [2.05, 4.69) is 52.0 Å². The summed E-state index contributed by atoms with van der Waals surface area (Å²) in [6, 6.07) is 2.22. The van der Waals surface area contributed by atoms with Crippen LogP contribution in [0.15, 0.2) is 10.7 Å². The molecule has 0 aromatic carbocycles. The number of hydrogen-bond donors (Lipinski definition) is 2. The Morgan fingerprint density at radius 1 is 1.37 bits per heavy atom. The molecule has 0 amide bonds. The maximum Gasteiger partial charge on any atom is 0.137 e. The van der Waals surface area contributed by atoms with Crippen molar-refractivity contribution in [1.82, 2.24) is 9.97 Å². The van der Waals surface area contributed by atoms with Crippen LogP contribution in [0.4, 0.5) is 5.82 Å². The highest BCUT2D eigenvalue weighted by molar-refractivity contribution is 9.10. The Kier molecular flexibility index (Phi) is 4.46. The Balaban J connectivity index is 2.18. The minimum Gasteiger partial charge on any atom is -0.396 e. The van der Waals surface area contributed by atoms with Crippen LogP contribution < -0.4 is 5.32 Å². The Labute approximate surface area is 123 Å². The zero-order valence-corrected chi connectivity index (χ0v) is 13.4. The minimum absolute atomic E-state index is 0.0771. The van der Waals surface area contributed by atoms with Crippen molar-refractivity contribution in [2.24, 2.45) is 5.92 Å². The zero-order valence-electron chi connectivity index (χ0n) is 11.8. The van der Waals surface area contributed by atoms with Gasteiger partial charge in [-0.05, 0) is 28.8 Å². The topological polar surface area (TPSA) is 58.0 Å². The number of anilines is 1. The maximum atomic E-state index is 9.37. The highest BCUT2D eigenvalue weighted by atomic mass is 79.9. The highest BCUT2D eigenvalue weighted by Gasteiger charge is 2.27. The molecule has 1 heterocycles. The fraction of sp³-hybridized carbons (Fsp3) is 0.714. The van der Waals surface area contributed by atoms with E-state index in [9.17, 15) is 5.11 Å². The molecule has 2 N–H and O–H groups in total. The molecule has 0 saturated heterocycles. The molecule has 2 atom stereocenters. The van der Waals surface area contributed by atoms with E-state index in [1.54, 1.807) is 0 Å². The van der Waals surface area contributed by atoms with Gasteiger partial charge in [0.2, 0.25) is 0 Å². The summed E-state index contributed by atoms with van der Waals surface area (Å²) in [6.45, 7) is 6.55. The lowest BCUT2D eigenvalue weighted by atomic mass is 9.96. The second kappa shape index (κ2) is 5.75. The van der Waals surface area contributed by atoms with E-state index < -0.39 is 0 Å². The van der Waals surface area contributed by atoms with Crippen molar-refractivity contribution in [1.29, 1.82) is 0 Å². The summed E-state index contributed by atoms with van der Waals surface area (Å²) in [5, 5.41) is 12.8. The summed E-state index contributed by atoms with van der Waals surface area (Å²) in [5.41, 5.74) is -0.0771. The molecule has 0 bridgehead atoms. The van der Waals surface area contributed by atoms with E-state index in [0.29, 0.717) is 12.0 Å². The summed E-state index contributed by atoms with van der Waals surface area (Å²) in [6.07, 6.45) is 3.35. The number of rotatable bonds is 3. The normalized spacial score (nSPS) is 23.6. The SMILES string of the molecule is CC(C)(C)c1nc(Br)cc(NC2CCCC2CO)n1. The molecular formula is C14H22BrN3O. The number of aliphatic hydroxyl groups is 1. The second-order valence-electron chi connectivity index (χ2n) is 6.27. The summed E-state index contributed by atoms with van der Waals surface area (Å²) in [4.78, 5) is 9.04. The van der Waals surface area contributed by atoms with Gasteiger partial charge in [0.1, 0.15) is 16.2 Å². The predicted molar refractivity (Wildman–Crippen MR) is 80.3 cm³/mol. The number of halogens is 1. The molecule has 2 unspecified atom stereocenters. The number of aromatic nitrogens is 2. The molecule has 1 fully saturated rings. The lowest BCUT2D eigenvalue weighted by Crippen LogP contribution is -2.27. The van der Waals surface area contributed by atoms with Crippen LogP contribution in [0.3, 0.4) is 0 Å². The summed E-state index contributed by atoms with van der Waals surface area (Å²) in [7, 11) is 0. The van der Waals surface area contributed by atoms with Crippen molar-refractivity contribution >= 4 is 21.7 Å². The van der Waals surface area contributed by atoms with Gasteiger partial charge in [0.05, 0.1) is 0 Å². The Morgan fingerprint density at radius 2 is 2.11 bits per heavy atom. The first-order valence-electron chi connectivity index (χ1n) is 6.82. The van der Waals surface area contributed by atoms with Crippen LogP contribution in [0, 0.1) is 5.92 Å². The van der Waals surface area contributed by atoms with Crippen LogP contribution >= 0.6 is 15.9 Å². The monoisotopic (exact) mass is 327 g/mol. The predicted octanol–water partition coefficient (Wildman–Crippen LogP) is 3.11. The van der Waals surface area contributed by atoms with Gasteiger partial charge in [-0.2, -0.15) is 0 Å². The molecule has 19 heavy (non-hydrogen) atoms. The average Bonchev–Trinajstić information content (AvgIpc) is 2.74. The molecule has 1 aromatic heterocycles. The van der Waals surface area contributed by atoms with Crippen molar-refractivity contribution in [3.63, 3.8) is 0 Å². The first kappa shape index (κ1) is 14.7. The molecule has 0 spiro atoms. The molecule has 0 radical (unpaired) electrons. The van der Waals surface area contributed by atoms with Gasteiger partial charge in [-0.1, -0.05) is 27.2 Å². The Morgan fingerprint density at radius 3 is 2.74 bits per heavy atom. The van der Waals surface area contributed by atoms with Crippen LogP contribution in [-0.4, -0.2) is 27.7 Å². The third kappa shape index (κ3) is 3.66. The number of nitrogens with one attached hydrogen (secondary N) is 1. The number of hydrogen-bond acceptors (Lipinski definition) is 4. The molecular weight excluding hydrogens is 306 g/mol. The van der Waals surface area contributed by atoms with Gasteiger partial charge in [0.15, 0.2) is 0 Å². The minimum atomic E-state index is -0.0771. The van der Waals surface area contributed by atoms with Gasteiger partial charge in [0.25, 0.3) is 0 Å². The molecule has 1 saturated carbocycles. The largest absolute Gasteiger partial charge is 0.396 e. The van der Waals surface area contributed by atoms with Crippen molar-refractivity contribution in [2.75, 3.05) is 11.9 Å². The first-order chi connectivity index (χ1) is 8.90. The molecule has 106 valence electrons. The maximum absolute atomic E-state index is 9.37. The smallest absolute Gasteiger partial charge is 0.137 e. The molecule has 1 aromatic rings. The Bertz CT molecular complexity index is 445. The van der Waals surface area contributed by atoms with Gasteiger partial charge >= 0.3 is 0 Å². The van der Waals surface area contributed by atoms with E-state index in [1.807, 2.05) is 6.07 Å². The van der Waals surface area contributed by atoms with Crippen LogP contribution in [0.25, 0.3) is 0 Å². The highest BCUT2D eigenvalue weighted by Crippen LogP contribution is 2.29. The molecule has 0 aliphatic heterocycles. The molecule has 4 nitrogen and oxygen atoms in total. The fourth-order valence-corrected chi connectivity index (χ4v) is 2.85. The Hall–Kier alpha value is -0.680. The summed E-state index contributed by atoms with van der Waals surface area (Å²) < 4.78 is 0.800. The van der Waals surface area contributed by atoms with Gasteiger partial charge in [-0.15, -0.1) is 0 Å². The van der Waals surface area contributed by atoms with Gasteiger partial charge < -0.3 is 10.4 Å². The van der Waals surface area contributed by atoms with Gasteiger partial charge in [0, 0.05) is 30.0 Å². The zero-order chi connectivity index (χ0) is 14.0. The molecule has 2 rings (SSSR count). The first-order valence-corrected chi connectivity index (χ1v) is 7.62. The van der Waals surface area contributed by atoms with Crippen LogP contribution in [0.1, 0.15) is 45.9 Å². The van der Waals surface area contributed by atoms with E-state index in [1.165, 1.54) is 6.42 Å². The summed E-state index contributed by atoms with van der Waals surface area (Å²) >= 11 is 3.45. The second-order valence-corrected chi connectivity index (χ2v) is 7.09. The quantitative estimate of drug-likeness (QED) is 0.837. The van der Waals surface area contributed by atoms with E-state index in [-0.39, 0.29) is 12.0 Å². The lowest BCUT2D eigenvalue weighted by Gasteiger charge is -2.22. The van der Waals surface area contributed by atoms with Crippen molar-refractivity contribution in [3.05, 3.63) is 16.5 Å². The van der Waals surface area contributed by atoms with Crippen molar-refractivity contribution in [3.8, 4) is 0 Å². The fourth-order valence-electron chi connectivity index (χ4n) is 2.46. The lowest BCUT2D eigenvalue weighted by molar-refractivity contribution is 0.222. The average molecular weight is 328 g/mol. The van der Waals surface area contributed by atoms with E-state index in [0.717, 1.165) is 29.1 Å². The standard InChI is InChI=1S/C14H22BrN3O/c1-14(2,3)13-17-11(15)7-12(18-13)16-10-6-4-5-9(10)8-19/h7,9-10,19H,4-6,8H2,1-3H3,(H,16,17,18). The van der Waals surface area contributed by atoms with E-state index in [4.69, 9.17) is 0 Å². The molecule has 1 aliphatic rings. The van der Waals surface area contributed by atoms with Crippen LogP contribution in [-0.2, 0) is 5.41 Å². The van der Waals surface area contributed by atoms with Crippen molar-refractivity contribution < 1.29 is 5.11 Å². The van der Waals surface area contributed by atoms with Crippen LogP contribution in [0.2, 0.25) is 0 Å². The van der Waals surface area contributed by atoms with E-state index >= 15 is 0 Å². The molecule has 1 aliphatic carbocycles.